The molecule has 150 valence electrons. The van der Waals surface area contributed by atoms with Crippen LogP contribution in [0.1, 0.15) is 63.8 Å². The van der Waals surface area contributed by atoms with Crippen LogP contribution in [0.25, 0.3) is 6.08 Å². The predicted octanol–water partition coefficient (Wildman–Crippen LogP) is 6.42. The molecular formula is C26H34O2. The quantitative estimate of drug-likeness (QED) is 0.445. The van der Waals surface area contributed by atoms with Crippen LogP contribution in [0.2, 0.25) is 0 Å². The lowest BCUT2D eigenvalue weighted by molar-refractivity contribution is 0.0150. The summed E-state index contributed by atoms with van der Waals surface area (Å²) in [6, 6.07) is 14.7. The van der Waals surface area contributed by atoms with Gasteiger partial charge in [0.2, 0.25) is 6.29 Å². The number of rotatable bonds is 7. The maximum atomic E-state index is 10.0. The Kier molecular flexibility index (Phi) is 6.56. The maximum Gasteiger partial charge on any atom is 0.219 e. The Balaban J connectivity index is 2.41. The molecule has 2 heteroatoms. The minimum atomic E-state index is -0.993. The molecule has 2 nitrogen and oxygen atoms in total. The van der Waals surface area contributed by atoms with Crippen molar-refractivity contribution in [1.29, 1.82) is 0 Å². The number of hydrogen-bond donors (Lipinski definition) is 1. The second-order valence-electron chi connectivity index (χ2n) is 9.27. The van der Waals surface area contributed by atoms with Crippen molar-refractivity contribution in [2.24, 2.45) is 0 Å². The van der Waals surface area contributed by atoms with Gasteiger partial charge in [-0.15, -0.1) is 0 Å². The lowest BCUT2D eigenvalue weighted by Gasteiger charge is -2.30. The highest BCUT2D eigenvalue weighted by atomic mass is 16.6. The zero-order valence-electron chi connectivity index (χ0n) is 18.2. The summed E-state index contributed by atoms with van der Waals surface area (Å²) in [5.41, 5.74) is 5.49. The molecule has 1 unspecified atom stereocenters. The molecule has 0 saturated carbocycles. The van der Waals surface area contributed by atoms with Crippen molar-refractivity contribution >= 4 is 6.08 Å². The molecule has 28 heavy (non-hydrogen) atoms. The van der Waals surface area contributed by atoms with Gasteiger partial charge in [-0.2, -0.15) is 0 Å². The first-order chi connectivity index (χ1) is 12.9. The van der Waals surface area contributed by atoms with Crippen molar-refractivity contribution in [2.75, 3.05) is 0 Å². The van der Waals surface area contributed by atoms with Gasteiger partial charge in [-0.05, 0) is 64.1 Å². The van der Waals surface area contributed by atoms with Crippen molar-refractivity contribution < 1.29 is 9.84 Å². The van der Waals surface area contributed by atoms with E-state index in [0.717, 1.165) is 12.0 Å². The Morgan fingerprint density at radius 3 is 2.18 bits per heavy atom. The first-order valence-corrected chi connectivity index (χ1v) is 9.80. The van der Waals surface area contributed by atoms with E-state index in [0.29, 0.717) is 11.3 Å². The van der Waals surface area contributed by atoms with Crippen molar-refractivity contribution in [2.45, 2.75) is 65.1 Å². The summed E-state index contributed by atoms with van der Waals surface area (Å²) in [5.74, 6) is 0.663. The van der Waals surface area contributed by atoms with Crippen molar-refractivity contribution in [1.82, 2.24) is 0 Å². The topological polar surface area (TPSA) is 29.5 Å². The monoisotopic (exact) mass is 378 g/mol. The fourth-order valence-electron chi connectivity index (χ4n) is 3.40. The second-order valence-corrected chi connectivity index (χ2v) is 9.27. The zero-order valence-corrected chi connectivity index (χ0v) is 18.2. The molecule has 0 aromatic heterocycles. The zero-order chi connectivity index (χ0) is 21.1. The molecule has 1 atom stereocenters. The van der Waals surface area contributed by atoms with E-state index in [-0.39, 0.29) is 10.8 Å². The van der Waals surface area contributed by atoms with Crippen LogP contribution in [0.4, 0.5) is 0 Å². The van der Waals surface area contributed by atoms with Gasteiger partial charge in [-0.3, -0.25) is 0 Å². The minimum absolute atomic E-state index is 0.0175. The summed E-state index contributed by atoms with van der Waals surface area (Å²) in [7, 11) is 0. The normalized spacial score (nSPS) is 13.1. The van der Waals surface area contributed by atoms with Crippen LogP contribution in [0, 0.1) is 0 Å². The van der Waals surface area contributed by atoms with Crippen LogP contribution in [-0.4, -0.2) is 11.4 Å². The third-order valence-corrected chi connectivity index (χ3v) is 5.11. The van der Waals surface area contributed by atoms with Crippen LogP contribution >= 0.6 is 0 Å². The summed E-state index contributed by atoms with van der Waals surface area (Å²) >= 11 is 0. The predicted molar refractivity (Wildman–Crippen MR) is 120 cm³/mol. The average molecular weight is 379 g/mol. The van der Waals surface area contributed by atoms with E-state index in [2.05, 4.69) is 84.2 Å². The Morgan fingerprint density at radius 1 is 1.07 bits per heavy atom. The number of ether oxygens (including phenoxy) is 1. The summed E-state index contributed by atoms with van der Waals surface area (Å²) in [5, 5.41) is 10.0. The Morgan fingerprint density at radius 2 is 1.68 bits per heavy atom. The molecule has 1 N–H and O–H groups in total. The van der Waals surface area contributed by atoms with Gasteiger partial charge in [0.1, 0.15) is 5.75 Å². The Hall–Kier alpha value is -2.32. The van der Waals surface area contributed by atoms with Gasteiger partial charge in [0, 0.05) is 0 Å². The molecule has 0 heterocycles. The molecule has 2 aromatic carbocycles. The van der Waals surface area contributed by atoms with Gasteiger partial charge in [0.05, 0.1) is 0 Å². The molecule has 0 amide bonds. The molecule has 2 aromatic rings. The number of aliphatic hydroxyl groups is 1. The standard InChI is InChI=1S/C26H34O2/c1-9-19-10-12-21(13-11-19)26(7,8)17-20-16-22(28-24(27)18(2)3)14-15-23(20)25(4,5)6/h9-16,24,27H,1-2,17H2,3-8H3. The molecule has 0 fully saturated rings. The number of aliphatic hydroxyl groups excluding tert-OH is 1. The largest absolute Gasteiger partial charge is 0.461 e. The number of benzene rings is 2. The smallest absolute Gasteiger partial charge is 0.219 e. The van der Waals surface area contributed by atoms with Gasteiger partial charge >= 0.3 is 0 Å². The summed E-state index contributed by atoms with van der Waals surface area (Å²) in [6.07, 6.45) is 1.74. The van der Waals surface area contributed by atoms with Crippen LogP contribution < -0.4 is 4.74 Å². The fraction of sp³-hybridized carbons (Fsp3) is 0.385. The maximum absolute atomic E-state index is 10.0. The van der Waals surface area contributed by atoms with Crippen molar-refractivity contribution in [3.63, 3.8) is 0 Å². The van der Waals surface area contributed by atoms with Crippen LogP contribution in [0.15, 0.2) is 61.2 Å². The number of hydrogen-bond acceptors (Lipinski definition) is 2. The molecular weight excluding hydrogens is 344 g/mol. The first-order valence-electron chi connectivity index (χ1n) is 9.80. The highest BCUT2D eigenvalue weighted by Gasteiger charge is 2.26. The molecule has 0 radical (unpaired) electrons. The minimum Gasteiger partial charge on any atom is -0.461 e. The third kappa shape index (κ3) is 5.36. The highest BCUT2D eigenvalue weighted by Crippen LogP contribution is 2.35. The molecule has 0 aliphatic heterocycles. The summed E-state index contributed by atoms with van der Waals surface area (Å²) < 4.78 is 5.68. The van der Waals surface area contributed by atoms with E-state index in [1.807, 2.05) is 12.1 Å². The molecule has 0 spiro atoms. The molecule has 0 saturated heterocycles. The van der Waals surface area contributed by atoms with Gasteiger partial charge in [0.15, 0.2) is 0 Å². The molecule has 0 bridgehead atoms. The summed E-state index contributed by atoms with van der Waals surface area (Å²) in [4.78, 5) is 0. The Labute approximate surface area is 170 Å². The van der Waals surface area contributed by atoms with E-state index in [1.54, 1.807) is 6.92 Å². The van der Waals surface area contributed by atoms with E-state index < -0.39 is 6.29 Å². The first kappa shape index (κ1) is 22.0. The summed E-state index contributed by atoms with van der Waals surface area (Å²) in [6.45, 7) is 20.5. The molecule has 0 aliphatic rings. The van der Waals surface area contributed by atoms with Crippen LogP contribution in [0.3, 0.4) is 0 Å². The van der Waals surface area contributed by atoms with E-state index >= 15 is 0 Å². The Bertz CT molecular complexity index is 836. The molecule has 0 aliphatic carbocycles. The van der Waals surface area contributed by atoms with E-state index in [1.165, 1.54) is 16.7 Å². The van der Waals surface area contributed by atoms with Gasteiger partial charge in [-0.25, -0.2) is 0 Å². The second kappa shape index (κ2) is 8.36. The SMILES string of the molecule is C=Cc1ccc(C(C)(C)Cc2cc(OC(O)C(=C)C)ccc2C(C)(C)C)cc1. The van der Waals surface area contributed by atoms with Gasteiger partial charge < -0.3 is 9.84 Å². The van der Waals surface area contributed by atoms with Crippen molar-refractivity contribution in [3.8, 4) is 5.75 Å². The lowest BCUT2D eigenvalue weighted by atomic mass is 9.74. The van der Waals surface area contributed by atoms with Gasteiger partial charge in [-0.1, -0.05) is 84.2 Å². The van der Waals surface area contributed by atoms with Crippen molar-refractivity contribution in [3.05, 3.63) is 83.4 Å². The highest BCUT2D eigenvalue weighted by molar-refractivity contribution is 5.48. The molecule has 2 rings (SSSR count). The van der Waals surface area contributed by atoms with Crippen LogP contribution in [0.5, 0.6) is 5.75 Å². The van der Waals surface area contributed by atoms with E-state index in [4.69, 9.17) is 4.74 Å². The average Bonchev–Trinajstić information content (AvgIpc) is 2.60. The lowest BCUT2D eigenvalue weighted by Crippen LogP contribution is -2.24. The van der Waals surface area contributed by atoms with E-state index in [9.17, 15) is 5.11 Å². The van der Waals surface area contributed by atoms with Gasteiger partial charge in [0.25, 0.3) is 0 Å². The fourth-order valence-corrected chi connectivity index (χ4v) is 3.40. The van der Waals surface area contributed by atoms with Crippen LogP contribution in [-0.2, 0) is 17.3 Å². The third-order valence-electron chi connectivity index (χ3n) is 5.11.